The van der Waals surface area contributed by atoms with Crippen molar-refractivity contribution in [1.82, 2.24) is 9.90 Å². The fourth-order valence-electron chi connectivity index (χ4n) is 2.06. The van der Waals surface area contributed by atoms with E-state index < -0.39 is 0 Å². The van der Waals surface area contributed by atoms with E-state index in [9.17, 15) is 5.21 Å². The van der Waals surface area contributed by atoms with Crippen LogP contribution in [0.1, 0.15) is 5.56 Å². The van der Waals surface area contributed by atoms with Gasteiger partial charge in [-0.25, -0.2) is 0 Å². The summed E-state index contributed by atoms with van der Waals surface area (Å²) in [5.74, 6) is 0.614. The van der Waals surface area contributed by atoms with Crippen LogP contribution in [-0.2, 0) is 0 Å². The van der Waals surface area contributed by atoms with Crippen LogP contribution in [0.15, 0.2) is 42.5 Å². The van der Waals surface area contributed by atoms with Crippen molar-refractivity contribution in [2.24, 2.45) is 0 Å². The number of aryl methyl sites for hydroxylation is 1. The van der Waals surface area contributed by atoms with Crippen LogP contribution < -0.4 is 9.58 Å². The second-order valence-electron chi connectivity index (χ2n) is 4.33. The first kappa shape index (κ1) is 11.5. The maximum atomic E-state index is 12.3. The second kappa shape index (κ2) is 4.28. The largest absolute Gasteiger partial charge is 0.692 e. The summed E-state index contributed by atoms with van der Waals surface area (Å²) in [7, 11) is 1.58. The summed E-state index contributed by atoms with van der Waals surface area (Å²) in [6.07, 6.45) is 0. The van der Waals surface area contributed by atoms with Crippen molar-refractivity contribution < 1.29 is 9.58 Å². The number of fused-ring (bicyclic) bond motifs is 1. The fraction of sp³-hybridized carbons (Fsp3) is 0.143. The molecule has 0 unspecified atom stereocenters. The summed E-state index contributed by atoms with van der Waals surface area (Å²) in [4.78, 5) is 2.09. The van der Waals surface area contributed by atoms with Gasteiger partial charge < -0.3 is 9.94 Å². The zero-order valence-corrected chi connectivity index (χ0v) is 10.7. The molecule has 0 spiro atoms. The Kier molecular flexibility index (Phi) is 2.59. The summed E-state index contributed by atoms with van der Waals surface area (Å²) in [6, 6.07) is 12.9. The van der Waals surface area contributed by atoms with E-state index in [-0.39, 0.29) is 0 Å². The molecule has 0 bridgehead atoms. The highest BCUT2D eigenvalue weighted by molar-refractivity contribution is 5.70. The molecule has 3 rings (SSSR count). The Labute approximate surface area is 110 Å². The molecular weight excluding hydrogens is 242 g/mol. The van der Waals surface area contributed by atoms with Crippen LogP contribution in [0.3, 0.4) is 0 Å². The smallest absolute Gasteiger partial charge is 0.250 e. The van der Waals surface area contributed by atoms with Crippen LogP contribution in [0.4, 0.5) is 0 Å². The molecule has 2 aromatic carbocycles. The molecule has 19 heavy (non-hydrogen) atoms. The number of benzene rings is 2. The van der Waals surface area contributed by atoms with Gasteiger partial charge in [-0.05, 0) is 41.5 Å². The number of aromatic nitrogens is 3. The molecule has 0 aliphatic rings. The molecule has 5 nitrogen and oxygen atoms in total. The number of methoxy groups -OCH3 is 1. The summed E-state index contributed by atoms with van der Waals surface area (Å²) in [6.45, 7) is 1.96. The molecule has 0 amide bonds. The molecule has 1 aromatic heterocycles. The van der Waals surface area contributed by atoms with Gasteiger partial charge in [0.15, 0.2) is 5.69 Å². The molecule has 5 heteroatoms. The standard InChI is InChI=1S/C14H13N3O2/c1-10-7-8-14(19-2)13(9-10)16-15-11-5-3-4-6-12(11)17(16)18/h3-9H,1-2H3. The van der Waals surface area contributed by atoms with Gasteiger partial charge in [-0.15, -0.1) is 4.85 Å². The molecular formula is C14H13N3O2. The van der Waals surface area contributed by atoms with E-state index in [1.165, 1.54) is 4.80 Å². The number of hydrogen-bond acceptors (Lipinski definition) is 3. The molecule has 0 aliphatic heterocycles. The minimum Gasteiger partial charge on any atom is -0.692 e. The van der Waals surface area contributed by atoms with Gasteiger partial charge in [0.05, 0.1) is 12.2 Å². The van der Waals surface area contributed by atoms with Crippen molar-refractivity contribution in [1.29, 1.82) is 0 Å². The first-order valence-electron chi connectivity index (χ1n) is 5.93. The van der Waals surface area contributed by atoms with Crippen LogP contribution >= 0.6 is 0 Å². The number of para-hydroxylation sites is 1. The SMILES string of the molecule is COc1ccc(C)cc1-n1nc2ccccc2[n+]1[O-]. The van der Waals surface area contributed by atoms with Crippen molar-refractivity contribution in [2.45, 2.75) is 6.92 Å². The Hall–Kier alpha value is -2.56. The molecule has 96 valence electrons. The van der Waals surface area contributed by atoms with Gasteiger partial charge in [0, 0.05) is 0 Å². The van der Waals surface area contributed by atoms with E-state index in [0.29, 0.717) is 22.5 Å². The van der Waals surface area contributed by atoms with Gasteiger partial charge in [-0.2, -0.15) is 0 Å². The maximum Gasteiger partial charge on any atom is 0.250 e. The van der Waals surface area contributed by atoms with E-state index in [1.807, 2.05) is 43.3 Å². The minimum atomic E-state index is 0.533. The normalized spacial score (nSPS) is 10.8. The average molecular weight is 255 g/mol. The fourth-order valence-corrected chi connectivity index (χ4v) is 2.06. The van der Waals surface area contributed by atoms with E-state index in [2.05, 4.69) is 5.10 Å². The zero-order valence-electron chi connectivity index (χ0n) is 10.7. The van der Waals surface area contributed by atoms with Crippen LogP contribution in [0.5, 0.6) is 5.75 Å². The third-order valence-electron chi connectivity index (χ3n) is 3.01. The highest BCUT2D eigenvalue weighted by Crippen LogP contribution is 2.23. The lowest BCUT2D eigenvalue weighted by Gasteiger charge is -2.09. The van der Waals surface area contributed by atoms with Gasteiger partial charge in [-0.1, -0.05) is 18.2 Å². The van der Waals surface area contributed by atoms with Crippen LogP contribution in [0.25, 0.3) is 16.7 Å². The van der Waals surface area contributed by atoms with Crippen molar-refractivity contribution in [3.05, 3.63) is 53.2 Å². The van der Waals surface area contributed by atoms with Gasteiger partial charge in [0.25, 0.3) is 0 Å². The van der Waals surface area contributed by atoms with Gasteiger partial charge >= 0.3 is 0 Å². The Morgan fingerprint density at radius 1 is 1.21 bits per heavy atom. The highest BCUT2D eigenvalue weighted by Gasteiger charge is 2.18. The second-order valence-corrected chi connectivity index (χ2v) is 4.33. The lowest BCUT2D eigenvalue weighted by molar-refractivity contribution is -0.664. The number of ether oxygens (including phenoxy) is 1. The number of nitrogens with zero attached hydrogens (tertiary/aromatic N) is 3. The molecule has 0 atom stereocenters. The monoisotopic (exact) mass is 255 g/mol. The van der Waals surface area contributed by atoms with Crippen molar-refractivity contribution in [2.75, 3.05) is 7.11 Å². The lowest BCUT2D eigenvalue weighted by Crippen LogP contribution is -2.37. The molecule has 0 saturated carbocycles. The predicted octanol–water partition coefficient (Wildman–Crippen LogP) is 1.98. The van der Waals surface area contributed by atoms with E-state index in [1.54, 1.807) is 13.2 Å². The van der Waals surface area contributed by atoms with E-state index >= 15 is 0 Å². The molecule has 1 heterocycles. The molecule has 0 saturated heterocycles. The Morgan fingerprint density at radius 2 is 2.00 bits per heavy atom. The molecule has 0 fully saturated rings. The molecule has 0 N–H and O–H groups in total. The van der Waals surface area contributed by atoms with Crippen LogP contribution in [0.2, 0.25) is 0 Å². The molecule has 0 radical (unpaired) electrons. The van der Waals surface area contributed by atoms with Crippen molar-refractivity contribution in [3.63, 3.8) is 0 Å². The number of rotatable bonds is 2. The van der Waals surface area contributed by atoms with Gasteiger partial charge in [0.2, 0.25) is 11.0 Å². The van der Waals surface area contributed by atoms with Crippen molar-refractivity contribution in [3.8, 4) is 11.4 Å². The van der Waals surface area contributed by atoms with E-state index in [4.69, 9.17) is 4.74 Å². The minimum absolute atomic E-state index is 0.533. The van der Waals surface area contributed by atoms with Gasteiger partial charge in [0.1, 0.15) is 5.75 Å². The average Bonchev–Trinajstić information content (AvgIpc) is 2.76. The maximum absolute atomic E-state index is 12.3. The molecule has 3 aromatic rings. The Balaban J connectivity index is 2.30. The third kappa shape index (κ3) is 1.79. The summed E-state index contributed by atoms with van der Waals surface area (Å²) in [5.41, 5.74) is 2.86. The number of hydrogen-bond donors (Lipinski definition) is 0. The lowest BCUT2D eigenvalue weighted by atomic mass is 10.2. The summed E-state index contributed by atoms with van der Waals surface area (Å²) < 4.78 is 5.29. The summed E-state index contributed by atoms with van der Waals surface area (Å²) in [5, 5.41) is 16.6. The van der Waals surface area contributed by atoms with Crippen molar-refractivity contribution >= 4 is 11.0 Å². The quantitative estimate of drug-likeness (QED) is 0.519. The topological polar surface area (TPSA) is 54.0 Å². The van der Waals surface area contributed by atoms with E-state index in [0.717, 1.165) is 10.4 Å². The molecule has 0 aliphatic carbocycles. The zero-order chi connectivity index (χ0) is 13.4. The van der Waals surface area contributed by atoms with Gasteiger partial charge in [-0.3, -0.25) is 0 Å². The highest BCUT2D eigenvalue weighted by atomic mass is 16.5. The predicted molar refractivity (Wildman–Crippen MR) is 71.3 cm³/mol. The third-order valence-corrected chi connectivity index (χ3v) is 3.01. The van der Waals surface area contributed by atoms with Crippen LogP contribution in [0, 0.1) is 12.1 Å². The Morgan fingerprint density at radius 3 is 2.74 bits per heavy atom. The summed E-state index contributed by atoms with van der Waals surface area (Å²) >= 11 is 0. The first-order valence-corrected chi connectivity index (χ1v) is 5.93. The Bertz CT molecular complexity index is 750. The van der Waals surface area contributed by atoms with Crippen LogP contribution in [-0.4, -0.2) is 17.0 Å². The first-order chi connectivity index (χ1) is 9.20.